The molecule has 9 aromatic carbocycles. The first-order valence-electron chi connectivity index (χ1n) is 21.6. The van der Waals surface area contributed by atoms with Crippen molar-refractivity contribution in [2.45, 2.75) is 41.5 Å². The summed E-state index contributed by atoms with van der Waals surface area (Å²) < 4.78 is 3.96. The molecule has 0 radical (unpaired) electrons. The second kappa shape index (κ2) is 14.3. The zero-order chi connectivity index (χ0) is 42.0. The number of fused-ring (bicyclic) bond motifs is 3. The fraction of sp³-hybridized carbons (Fsp3) is 0.103. The highest BCUT2D eigenvalue weighted by Crippen LogP contribution is 2.49. The number of rotatable bonds is 6. The van der Waals surface area contributed by atoms with Gasteiger partial charge in [0.05, 0.1) is 0 Å². The zero-order valence-electron chi connectivity index (χ0n) is 35.7. The molecule has 62 heavy (non-hydrogen) atoms. The SMILES string of the molecule is Cc1cc(C)c(B(c2c(C)cc(C)cc2C)c2cc(-c3cc4ccccc4s3)c3ccc4c(-c5cc6ccccc6s5)cc(-c5cc6ccccc6s5)c5ccc2c3c54)c(C)c1. The monoisotopic (exact) mass is 846 g/mol. The van der Waals surface area contributed by atoms with Crippen molar-refractivity contribution in [2.24, 2.45) is 0 Å². The third-order valence-corrected chi connectivity index (χ3v) is 16.8. The molecular formula is C58H43BS3. The molecular weight excluding hydrogens is 804 g/mol. The molecule has 0 nitrogen and oxygen atoms in total. The Hall–Kier alpha value is -6.04. The fourth-order valence-corrected chi connectivity index (χ4v) is 14.2. The highest BCUT2D eigenvalue weighted by Gasteiger charge is 2.32. The molecule has 296 valence electrons. The van der Waals surface area contributed by atoms with Gasteiger partial charge in [-0.15, -0.1) is 34.0 Å². The Bertz CT molecular complexity index is 3480. The normalized spacial score (nSPS) is 12.0. The maximum Gasteiger partial charge on any atom is 0.243 e. The maximum atomic E-state index is 2.59. The van der Waals surface area contributed by atoms with Gasteiger partial charge in [-0.25, -0.2) is 0 Å². The molecule has 0 saturated carbocycles. The fourth-order valence-electron chi connectivity index (χ4n) is 11.0. The van der Waals surface area contributed by atoms with Crippen LogP contribution in [0.4, 0.5) is 0 Å². The zero-order valence-corrected chi connectivity index (χ0v) is 38.2. The van der Waals surface area contributed by atoms with Crippen LogP contribution in [0, 0.1) is 41.5 Å². The van der Waals surface area contributed by atoms with Crippen LogP contribution < -0.4 is 16.4 Å². The Morgan fingerprint density at radius 1 is 0.339 bits per heavy atom. The smallest absolute Gasteiger partial charge is 0.135 e. The molecule has 4 heteroatoms. The molecule has 0 atom stereocenters. The second-order valence-electron chi connectivity index (χ2n) is 17.6. The van der Waals surface area contributed by atoms with E-state index in [0.717, 1.165) is 0 Å². The first-order valence-corrected chi connectivity index (χ1v) is 24.0. The van der Waals surface area contributed by atoms with E-state index in [1.807, 2.05) is 34.0 Å². The first-order chi connectivity index (χ1) is 30.2. The van der Waals surface area contributed by atoms with Gasteiger partial charge in [0.2, 0.25) is 6.71 Å². The summed E-state index contributed by atoms with van der Waals surface area (Å²) >= 11 is 5.73. The summed E-state index contributed by atoms with van der Waals surface area (Å²) in [6.45, 7) is 13.8. The Kier molecular flexibility index (Phi) is 8.67. The van der Waals surface area contributed by atoms with Crippen molar-refractivity contribution in [3.8, 4) is 31.3 Å². The van der Waals surface area contributed by atoms with Gasteiger partial charge in [-0.1, -0.05) is 159 Å². The highest BCUT2D eigenvalue weighted by molar-refractivity contribution is 7.23. The van der Waals surface area contributed by atoms with Crippen LogP contribution in [-0.4, -0.2) is 6.71 Å². The van der Waals surface area contributed by atoms with Crippen LogP contribution in [0.25, 0.3) is 93.9 Å². The summed E-state index contributed by atoms with van der Waals surface area (Å²) in [6, 6.07) is 58.3. The molecule has 0 saturated heterocycles. The van der Waals surface area contributed by atoms with Gasteiger partial charge < -0.3 is 0 Å². The molecule has 0 amide bonds. The highest BCUT2D eigenvalue weighted by atomic mass is 32.1. The van der Waals surface area contributed by atoms with Gasteiger partial charge in [-0.3, -0.25) is 0 Å². The van der Waals surface area contributed by atoms with Crippen LogP contribution >= 0.6 is 34.0 Å². The lowest BCUT2D eigenvalue weighted by Crippen LogP contribution is -2.56. The molecule has 0 bridgehead atoms. The summed E-state index contributed by atoms with van der Waals surface area (Å²) in [5.74, 6) is 0. The van der Waals surface area contributed by atoms with Gasteiger partial charge in [0.15, 0.2) is 0 Å². The minimum atomic E-state index is 0.0260. The van der Waals surface area contributed by atoms with E-state index in [0.29, 0.717) is 0 Å². The van der Waals surface area contributed by atoms with Crippen molar-refractivity contribution >= 4 is 120 Å². The number of hydrogen-bond donors (Lipinski definition) is 0. The van der Waals surface area contributed by atoms with Gasteiger partial charge in [-0.2, -0.15) is 0 Å². The van der Waals surface area contributed by atoms with Crippen molar-refractivity contribution in [1.29, 1.82) is 0 Å². The second-order valence-corrected chi connectivity index (χ2v) is 20.8. The van der Waals surface area contributed by atoms with Gasteiger partial charge in [-0.05, 0) is 138 Å². The van der Waals surface area contributed by atoms with E-state index in [9.17, 15) is 0 Å². The average molecular weight is 847 g/mol. The molecule has 12 rings (SSSR count). The largest absolute Gasteiger partial charge is 0.243 e. The van der Waals surface area contributed by atoms with Crippen molar-refractivity contribution in [3.05, 3.63) is 185 Å². The Balaban J connectivity index is 1.27. The van der Waals surface area contributed by atoms with E-state index >= 15 is 0 Å². The van der Waals surface area contributed by atoms with Gasteiger partial charge in [0, 0.05) is 39.9 Å². The lowest BCUT2D eigenvalue weighted by atomic mass is 9.33. The predicted molar refractivity (Wildman–Crippen MR) is 279 cm³/mol. The van der Waals surface area contributed by atoms with E-state index in [-0.39, 0.29) is 6.71 Å². The quantitative estimate of drug-likeness (QED) is 0.116. The van der Waals surface area contributed by atoms with Crippen molar-refractivity contribution in [1.82, 2.24) is 0 Å². The molecule has 0 spiro atoms. The number of aryl methyl sites for hydroxylation is 6. The lowest BCUT2D eigenvalue weighted by Gasteiger charge is -2.27. The summed E-state index contributed by atoms with van der Waals surface area (Å²) in [6.07, 6.45) is 0. The molecule has 0 aliphatic carbocycles. The van der Waals surface area contributed by atoms with E-state index in [2.05, 4.69) is 193 Å². The van der Waals surface area contributed by atoms with Crippen LogP contribution in [0.3, 0.4) is 0 Å². The van der Waals surface area contributed by atoms with Crippen LogP contribution in [0.5, 0.6) is 0 Å². The Labute approximate surface area is 375 Å². The number of thiophene rings is 3. The topological polar surface area (TPSA) is 0 Å². The number of hydrogen-bond acceptors (Lipinski definition) is 3. The van der Waals surface area contributed by atoms with Crippen LogP contribution in [0.2, 0.25) is 0 Å². The molecule has 3 aromatic heterocycles. The molecule has 0 aliphatic heterocycles. The molecule has 12 aromatic rings. The minimum absolute atomic E-state index is 0.0260. The summed E-state index contributed by atoms with van der Waals surface area (Å²) in [4.78, 5) is 3.94. The van der Waals surface area contributed by atoms with Gasteiger partial charge in [0.1, 0.15) is 0 Å². The van der Waals surface area contributed by atoms with Crippen LogP contribution in [0.1, 0.15) is 33.4 Å². The summed E-state index contributed by atoms with van der Waals surface area (Å²) in [5.41, 5.74) is 16.1. The minimum Gasteiger partial charge on any atom is -0.135 e. The van der Waals surface area contributed by atoms with Crippen LogP contribution in [-0.2, 0) is 0 Å². The Morgan fingerprint density at radius 2 is 0.677 bits per heavy atom. The first kappa shape index (κ1) is 37.7. The number of benzene rings is 9. The molecule has 0 unspecified atom stereocenters. The van der Waals surface area contributed by atoms with Gasteiger partial charge in [0.25, 0.3) is 0 Å². The van der Waals surface area contributed by atoms with Crippen molar-refractivity contribution in [3.63, 3.8) is 0 Å². The lowest BCUT2D eigenvalue weighted by molar-refractivity contribution is 1.34. The van der Waals surface area contributed by atoms with Crippen molar-refractivity contribution < 1.29 is 0 Å². The summed E-state index contributed by atoms with van der Waals surface area (Å²) in [7, 11) is 0. The summed E-state index contributed by atoms with van der Waals surface area (Å²) in [5, 5.41) is 11.9. The third-order valence-electron chi connectivity index (χ3n) is 13.4. The average Bonchev–Trinajstić information content (AvgIpc) is 4.01. The van der Waals surface area contributed by atoms with E-state index in [4.69, 9.17) is 0 Å². The molecule has 0 fully saturated rings. The Morgan fingerprint density at radius 3 is 1.06 bits per heavy atom. The van der Waals surface area contributed by atoms with E-state index < -0.39 is 0 Å². The molecule has 0 aliphatic rings. The standard InChI is InChI=1S/C58H43BS3/c1-32-23-34(3)57(35(4)24-32)59(58-36(5)25-33(2)26-37(58)6)48-31-47(54-29-40-15-9-12-18-51(40)62-54)43-20-19-41-45(52-27-38-13-7-10-16-49(38)60-52)30-46(42-21-22-44(48)56(43)55(41)42)53-28-39-14-8-11-17-50(39)61-53/h7-31H,1-6H3. The van der Waals surface area contributed by atoms with Gasteiger partial charge >= 0.3 is 0 Å². The van der Waals surface area contributed by atoms with E-state index in [1.165, 1.54) is 144 Å². The molecule has 3 heterocycles. The maximum absolute atomic E-state index is 2.59. The van der Waals surface area contributed by atoms with Crippen LogP contribution in [0.15, 0.2) is 152 Å². The predicted octanol–water partition coefficient (Wildman–Crippen LogP) is 15.6. The van der Waals surface area contributed by atoms with Crippen molar-refractivity contribution in [2.75, 3.05) is 0 Å². The third kappa shape index (κ3) is 5.84. The van der Waals surface area contributed by atoms with E-state index in [1.54, 1.807) is 0 Å². The molecule has 0 N–H and O–H groups in total.